The van der Waals surface area contributed by atoms with E-state index in [9.17, 15) is 5.11 Å². The molecule has 2 aromatic rings. The zero-order valence-electron chi connectivity index (χ0n) is 11.8. The van der Waals surface area contributed by atoms with Gasteiger partial charge in [-0.05, 0) is 43.4 Å². The maximum Gasteiger partial charge on any atom is 0.0632 e. The SMILES string of the molecule is CC(C)(O)Cc1ccccc1CCc1ccccc1. The normalized spacial score (nSPS) is 11.5. The Hall–Kier alpha value is -1.60. The Kier molecular flexibility index (Phi) is 4.39. The van der Waals surface area contributed by atoms with Crippen molar-refractivity contribution in [1.29, 1.82) is 0 Å². The van der Waals surface area contributed by atoms with Gasteiger partial charge in [0.1, 0.15) is 0 Å². The van der Waals surface area contributed by atoms with Crippen LogP contribution in [-0.4, -0.2) is 10.7 Å². The molecule has 0 spiro atoms. The summed E-state index contributed by atoms with van der Waals surface area (Å²) < 4.78 is 0. The monoisotopic (exact) mass is 254 g/mol. The van der Waals surface area contributed by atoms with Crippen molar-refractivity contribution in [3.05, 3.63) is 71.3 Å². The largest absolute Gasteiger partial charge is 0.390 e. The van der Waals surface area contributed by atoms with Crippen LogP contribution in [0.1, 0.15) is 30.5 Å². The minimum Gasteiger partial charge on any atom is -0.390 e. The molecule has 0 bridgehead atoms. The maximum atomic E-state index is 9.98. The first-order chi connectivity index (χ1) is 9.04. The Morgan fingerprint density at radius 1 is 0.789 bits per heavy atom. The molecular weight excluding hydrogens is 232 g/mol. The van der Waals surface area contributed by atoms with Crippen molar-refractivity contribution in [2.24, 2.45) is 0 Å². The molecule has 0 unspecified atom stereocenters. The van der Waals surface area contributed by atoms with Crippen LogP contribution in [0.25, 0.3) is 0 Å². The molecule has 0 aromatic heterocycles. The molecule has 0 heterocycles. The van der Waals surface area contributed by atoms with Gasteiger partial charge >= 0.3 is 0 Å². The van der Waals surface area contributed by atoms with E-state index in [1.807, 2.05) is 26.0 Å². The van der Waals surface area contributed by atoms with Crippen LogP contribution in [0.2, 0.25) is 0 Å². The minimum absolute atomic E-state index is 0.650. The van der Waals surface area contributed by atoms with Crippen LogP contribution in [0.3, 0.4) is 0 Å². The molecule has 19 heavy (non-hydrogen) atoms. The Morgan fingerprint density at radius 3 is 2.00 bits per heavy atom. The highest BCUT2D eigenvalue weighted by Gasteiger charge is 2.15. The number of benzene rings is 2. The molecule has 0 atom stereocenters. The van der Waals surface area contributed by atoms with Gasteiger partial charge in [-0.2, -0.15) is 0 Å². The summed E-state index contributed by atoms with van der Waals surface area (Å²) in [6, 6.07) is 19.0. The molecule has 2 aromatic carbocycles. The van der Waals surface area contributed by atoms with Crippen LogP contribution in [0, 0.1) is 0 Å². The quantitative estimate of drug-likeness (QED) is 0.860. The molecule has 100 valence electrons. The molecular formula is C18H22O. The maximum absolute atomic E-state index is 9.98. The summed E-state index contributed by atoms with van der Waals surface area (Å²) in [6.07, 6.45) is 2.78. The standard InChI is InChI=1S/C18H22O/c1-18(2,19)14-17-11-7-6-10-16(17)13-12-15-8-4-3-5-9-15/h3-11,19H,12-14H2,1-2H3. The van der Waals surface area contributed by atoms with Crippen molar-refractivity contribution in [1.82, 2.24) is 0 Å². The molecule has 0 saturated heterocycles. The van der Waals surface area contributed by atoms with Crippen LogP contribution < -0.4 is 0 Å². The third-order valence-electron chi connectivity index (χ3n) is 3.27. The van der Waals surface area contributed by atoms with Crippen LogP contribution in [0.15, 0.2) is 54.6 Å². The highest BCUT2D eigenvalue weighted by molar-refractivity contribution is 5.29. The van der Waals surface area contributed by atoms with E-state index in [2.05, 4.69) is 42.5 Å². The lowest BCUT2D eigenvalue weighted by Gasteiger charge is -2.19. The number of aliphatic hydroxyl groups is 1. The second kappa shape index (κ2) is 6.03. The van der Waals surface area contributed by atoms with E-state index in [0.717, 1.165) is 12.8 Å². The highest BCUT2D eigenvalue weighted by Crippen LogP contribution is 2.18. The van der Waals surface area contributed by atoms with Gasteiger partial charge < -0.3 is 5.11 Å². The molecule has 1 nitrogen and oxygen atoms in total. The zero-order chi connectivity index (χ0) is 13.7. The summed E-state index contributed by atoms with van der Waals surface area (Å²) in [5.41, 5.74) is 3.31. The zero-order valence-corrected chi connectivity index (χ0v) is 11.8. The molecule has 0 aliphatic heterocycles. The van der Waals surface area contributed by atoms with Gasteiger partial charge in [0.2, 0.25) is 0 Å². The van der Waals surface area contributed by atoms with Crippen molar-refractivity contribution < 1.29 is 5.11 Å². The van der Waals surface area contributed by atoms with E-state index in [4.69, 9.17) is 0 Å². The molecule has 0 saturated carbocycles. The average Bonchev–Trinajstić information content (AvgIpc) is 2.37. The lowest BCUT2D eigenvalue weighted by atomic mass is 9.92. The van der Waals surface area contributed by atoms with Gasteiger partial charge in [-0.3, -0.25) is 0 Å². The molecule has 0 aliphatic rings. The predicted octanol–water partition coefficient (Wildman–Crippen LogP) is 3.79. The van der Waals surface area contributed by atoms with Gasteiger partial charge in [0.25, 0.3) is 0 Å². The van der Waals surface area contributed by atoms with E-state index in [1.54, 1.807) is 0 Å². The first kappa shape index (κ1) is 13.8. The number of rotatable bonds is 5. The van der Waals surface area contributed by atoms with E-state index in [0.29, 0.717) is 6.42 Å². The topological polar surface area (TPSA) is 20.2 Å². The summed E-state index contributed by atoms with van der Waals surface area (Å²) in [5.74, 6) is 0. The van der Waals surface area contributed by atoms with Crippen LogP contribution in [-0.2, 0) is 19.3 Å². The van der Waals surface area contributed by atoms with Gasteiger partial charge in [-0.1, -0.05) is 54.6 Å². The lowest BCUT2D eigenvalue weighted by molar-refractivity contribution is 0.0807. The van der Waals surface area contributed by atoms with Crippen LogP contribution >= 0.6 is 0 Å². The molecule has 0 fully saturated rings. The third kappa shape index (κ3) is 4.53. The van der Waals surface area contributed by atoms with Crippen molar-refractivity contribution in [3.8, 4) is 0 Å². The van der Waals surface area contributed by atoms with Gasteiger partial charge in [-0.25, -0.2) is 0 Å². The Bertz CT molecular complexity index is 509. The molecule has 1 N–H and O–H groups in total. The van der Waals surface area contributed by atoms with E-state index in [-0.39, 0.29) is 0 Å². The fourth-order valence-corrected chi connectivity index (χ4v) is 2.36. The van der Waals surface area contributed by atoms with Crippen LogP contribution in [0.5, 0.6) is 0 Å². The van der Waals surface area contributed by atoms with Gasteiger partial charge in [0.05, 0.1) is 5.60 Å². The average molecular weight is 254 g/mol. The predicted molar refractivity (Wildman–Crippen MR) is 80.3 cm³/mol. The molecule has 0 radical (unpaired) electrons. The molecule has 1 heteroatoms. The molecule has 2 rings (SSSR count). The Morgan fingerprint density at radius 2 is 1.37 bits per heavy atom. The molecule has 0 aliphatic carbocycles. The first-order valence-corrected chi connectivity index (χ1v) is 6.88. The summed E-state index contributed by atoms with van der Waals surface area (Å²) in [7, 11) is 0. The van der Waals surface area contributed by atoms with Crippen molar-refractivity contribution in [3.63, 3.8) is 0 Å². The van der Waals surface area contributed by atoms with Gasteiger partial charge in [-0.15, -0.1) is 0 Å². The van der Waals surface area contributed by atoms with E-state index in [1.165, 1.54) is 16.7 Å². The molecule has 0 amide bonds. The first-order valence-electron chi connectivity index (χ1n) is 6.88. The summed E-state index contributed by atoms with van der Waals surface area (Å²) >= 11 is 0. The summed E-state index contributed by atoms with van der Waals surface area (Å²) in [6.45, 7) is 3.72. The van der Waals surface area contributed by atoms with Crippen LogP contribution in [0.4, 0.5) is 0 Å². The number of aryl methyl sites for hydroxylation is 2. The smallest absolute Gasteiger partial charge is 0.0632 e. The van der Waals surface area contributed by atoms with Gasteiger partial charge in [0.15, 0.2) is 0 Å². The number of hydrogen-bond donors (Lipinski definition) is 1. The van der Waals surface area contributed by atoms with E-state index < -0.39 is 5.60 Å². The van der Waals surface area contributed by atoms with Crippen molar-refractivity contribution in [2.75, 3.05) is 0 Å². The van der Waals surface area contributed by atoms with Crippen molar-refractivity contribution >= 4 is 0 Å². The third-order valence-corrected chi connectivity index (χ3v) is 3.27. The summed E-state index contributed by atoms with van der Waals surface area (Å²) in [5, 5.41) is 9.98. The summed E-state index contributed by atoms with van der Waals surface area (Å²) in [4.78, 5) is 0. The Balaban J connectivity index is 2.08. The van der Waals surface area contributed by atoms with E-state index >= 15 is 0 Å². The van der Waals surface area contributed by atoms with Gasteiger partial charge in [0, 0.05) is 6.42 Å². The Labute approximate surface area is 115 Å². The second-order valence-corrected chi connectivity index (χ2v) is 5.74. The van der Waals surface area contributed by atoms with Crippen molar-refractivity contribution in [2.45, 2.75) is 38.7 Å². The number of hydrogen-bond acceptors (Lipinski definition) is 1. The lowest BCUT2D eigenvalue weighted by Crippen LogP contribution is -2.22. The highest BCUT2D eigenvalue weighted by atomic mass is 16.3. The minimum atomic E-state index is -0.650. The second-order valence-electron chi connectivity index (χ2n) is 5.74. The fraction of sp³-hybridized carbons (Fsp3) is 0.333. The fourth-order valence-electron chi connectivity index (χ4n) is 2.36.